The summed E-state index contributed by atoms with van der Waals surface area (Å²) in [5, 5.41) is 12.7. The molecule has 1 atom stereocenters. The first-order chi connectivity index (χ1) is 6.04. The molecule has 0 saturated heterocycles. The van der Waals surface area contributed by atoms with Crippen molar-refractivity contribution in [2.24, 2.45) is 11.3 Å². The van der Waals surface area contributed by atoms with Crippen LogP contribution >= 0.6 is 0 Å². The van der Waals surface area contributed by atoms with Crippen LogP contribution in [0.15, 0.2) is 0 Å². The normalized spacial score (nSPS) is 21.2. The van der Waals surface area contributed by atoms with E-state index in [0.29, 0.717) is 12.5 Å². The second kappa shape index (κ2) is 4.43. The zero-order chi connectivity index (χ0) is 9.90. The van der Waals surface area contributed by atoms with E-state index in [-0.39, 0.29) is 5.41 Å². The van der Waals surface area contributed by atoms with Crippen molar-refractivity contribution in [2.45, 2.75) is 46.1 Å². The van der Waals surface area contributed by atoms with E-state index < -0.39 is 0 Å². The number of hydrogen-bond acceptors (Lipinski definition) is 2. The lowest BCUT2D eigenvalue weighted by atomic mass is 9.80. The maximum absolute atomic E-state index is 9.23. The Kier molecular flexibility index (Phi) is 3.74. The maximum atomic E-state index is 9.23. The third-order valence-corrected chi connectivity index (χ3v) is 3.20. The summed E-state index contributed by atoms with van der Waals surface area (Å²) in [5.41, 5.74) is 0.214. The summed E-state index contributed by atoms with van der Waals surface area (Å²) in [7, 11) is 0. The topological polar surface area (TPSA) is 32.3 Å². The Labute approximate surface area is 81.7 Å². The van der Waals surface area contributed by atoms with Gasteiger partial charge in [-0.15, -0.1) is 0 Å². The second-order valence-corrected chi connectivity index (χ2v) is 5.28. The number of hydrogen-bond donors (Lipinski definition) is 2. The third-order valence-electron chi connectivity index (χ3n) is 3.20. The Morgan fingerprint density at radius 1 is 1.38 bits per heavy atom. The number of aliphatic hydroxyl groups is 1. The van der Waals surface area contributed by atoms with Crippen molar-refractivity contribution in [2.75, 3.05) is 13.2 Å². The number of rotatable bonds is 4. The molecule has 0 aromatic carbocycles. The predicted molar refractivity (Wildman–Crippen MR) is 55.7 cm³/mol. The van der Waals surface area contributed by atoms with Crippen LogP contribution in [0.4, 0.5) is 0 Å². The highest BCUT2D eigenvalue weighted by atomic mass is 16.3. The fraction of sp³-hybridized carbons (Fsp3) is 1.00. The molecule has 1 aliphatic rings. The molecule has 1 unspecified atom stereocenters. The van der Waals surface area contributed by atoms with Gasteiger partial charge in [0, 0.05) is 19.2 Å². The molecule has 0 aromatic rings. The van der Waals surface area contributed by atoms with Crippen LogP contribution in [0.2, 0.25) is 0 Å². The Bertz CT molecular complexity index is 147. The molecule has 2 nitrogen and oxygen atoms in total. The van der Waals surface area contributed by atoms with Gasteiger partial charge in [-0.3, -0.25) is 0 Å². The smallest absolute Gasteiger partial charge is 0.0476 e. The summed E-state index contributed by atoms with van der Waals surface area (Å²) in [5.74, 6) is 0.382. The van der Waals surface area contributed by atoms with Crippen LogP contribution in [-0.4, -0.2) is 24.3 Å². The Hall–Kier alpha value is -0.0800. The van der Waals surface area contributed by atoms with Crippen LogP contribution in [0.25, 0.3) is 0 Å². The summed E-state index contributed by atoms with van der Waals surface area (Å²) in [6, 6.07) is 0.733. The van der Waals surface area contributed by atoms with E-state index in [1.54, 1.807) is 0 Å². The van der Waals surface area contributed by atoms with Gasteiger partial charge in [0.15, 0.2) is 0 Å². The lowest BCUT2D eigenvalue weighted by Gasteiger charge is -2.33. The van der Waals surface area contributed by atoms with E-state index in [4.69, 9.17) is 0 Å². The summed E-state index contributed by atoms with van der Waals surface area (Å²) < 4.78 is 0. The van der Waals surface area contributed by atoms with Gasteiger partial charge in [0.2, 0.25) is 0 Å². The zero-order valence-electron chi connectivity index (χ0n) is 9.14. The van der Waals surface area contributed by atoms with Crippen LogP contribution in [0.3, 0.4) is 0 Å². The van der Waals surface area contributed by atoms with Crippen molar-refractivity contribution in [1.29, 1.82) is 0 Å². The molecule has 2 N–H and O–H groups in total. The average molecular weight is 185 g/mol. The van der Waals surface area contributed by atoms with Crippen molar-refractivity contribution >= 4 is 0 Å². The van der Waals surface area contributed by atoms with Gasteiger partial charge < -0.3 is 10.4 Å². The van der Waals surface area contributed by atoms with Crippen LogP contribution < -0.4 is 5.32 Å². The molecule has 1 aliphatic carbocycles. The van der Waals surface area contributed by atoms with E-state index in [0.717, 1.165) is 12.6 Å². The highest BCUT2D eigenvalue weighted by Gasteiger charge is 2.25. The van der Waals surface area contributed by atoms with Gasteiger partial charge >= 0.3 is 0 Å². The highest BCUT2D eigenvalue weighted by molar-refractivity contribution is 4.81. The van der Waals surface area contributed by atoms with Crippen LogP contribution in [0, 0.1) is 11.3 Å². The Balaban J connectivity index is 2.22. The van der Waals surface area contributed by atoms with E-state index in [1.165, 1.54) is 19.3 Å². The fourth-order valence-corrected chi connectivity index (χ4v) is 1.57. The largest absolute Gasteiger partial charge is 0.396 e. The molecule has 0 radical (unpaired) electrons. The minimum atomic E-state index is 0.214. The van der Waals surface area contributed by atoms with Gasteiger partial charge in [-0.25, -0.2) is 0 Å². The molecule has 13 heavy (non-hydrogen) atoms. The van der Waals surface area contributed by atoms with E-state index in [1.807, 2.05) is 0 Å². The fourth-order valence-electron chi connectivity index (χ4n) is 1.57. The molecule has 0 amide bonds. The van der Waals surface area contributed by atoms with Crippen molar-refractivity contribution in [3.05, 3.63) is 0 Å². The van der Waals surface area contributed by atoms with E-state index in [2.05, 4.69) is 26.1 Å². The first-order valence-electron chi connectivity index (χ1n) is 5.38. The standard InChI is InChI=1S/C11H23NO/c1-11(2,3)9(8-13)7-12-10-5-4-6-10/h9-10,12-13H,4-8H2,1-3H3. The SMILES string of the molecule is CC(C)(C)C(CO)CNC1CCC1. The molecule has 0 heterocycles. The molecular weight excluding hydrogens is 162 g/mol. The molecule has 0 bridgehead atoms. The third kappa shape index (κ3) is 3.28. The number of aliphatic hydroxyl groups excluding tert-OH is 1. The Morgan fingerprint density at radius 3 is 2.31 bits per heavy atom. The lowest BCUT2D eigenvalue weighted by Crippen LogP contribution is -2.42. The summed E-state index contributed by atoms with van der Waals surface area (Å²) in [6.07, 6.45) is 4.02. The predicted octanol–water partition coefficient (Wildman–Crippen LogP) is 1.78. The molecule has 0 aromatic heterocycles. The second-order valence-electron chi connectivity index (χ2n) is 5.28. The van der Waals surface area contributed by atoms with Gasteiger partial charge in [-0.2, -0.15) is 0 Å². The zero-order valence-corrected chi connectivity index (χ0v) is 9.14. The van der Waals surface area contributed by atoms with Gasteiger partial charge in [-0.1, -0.05) is 27.2 Å². The van der Waals surface area contributed by atoms with Gasteiger partial charge in [0.05, 0.1) is 0 Å². The molecule has 1 saturated carbocycles. The molecule has 1 rings (SSSR count). The van der Waals surface area contributed by atoms with Crippen LogP contribution in [0.5, 0.6) is 0 Å². The highest BCUT2D eigenvalue weighted by Crippen LogP contribution is 2.26. The van der Waals surface area contributed by atoms with Crippen molar-refractivity contribution < 1.29 is 5.11 Å². The minimum Gasteiger partial charge on any atom is -0.396 e. The van der Waals surface area contributed by atoms with Crippen LogP contribution in [0.1, 0.15) is 40.0 Å². The van der Waals surface area contributed by atoms with E-state index >= 15 is 0 Å². The molecule has 2 heteroatoms. The molecule has 0 aliphatic heterocycles. The quantitative estimate of drug-likeness (QED) is 0.700. The van der Waals surface area contributed by atoms with Crippen molar-refractivity contribution in [3.63, 3.8) is 0 Å². The van der Waals surface area contributed by atoms with Crippen molar-refractivity contribution in [3.8, 4) is 0 Å². The monoisotopic (exact) mass is 185 g/mol. The van der Waals surface area contributed by atoms with Gasteiger partial charge in [0.1, 0.15) is 0 Å². The molecule has 78 valence electrons. The summed E-state index contributed by atoms with van der Waals surface area (Å²) >= 11 is 0. The summed E-state index contributed by atoms with van der Waals surface area (Å²) in [6.45, 7) is 7.83. The van der Waals surface area contributed by atoms with Crippen molar-refractivity contribution in [1.82, 2.24) is 5.32 Å². The lowest BCUT2D eigenvalue weighted by molar-refractivity contribution is 0.122. The first kappa shape index (κ1) is 11.0. The Morgan fingerprint density at radius 2 is 2.00 bits per heavy atom. The molecular formula is C11H23NO. The molecule has 1 fully saturated rings. The van der Waals surface area contributed by atoms with Gasteiger partial charge in [-0.05, 0) is 24.2 Å². The average Bonchev–Trinajstić information content (AvgIpc) is 1.91. The first-order valence-corrected chi connectivity index (χ1v) is 5.38. The van der Waals surface area contributed by atoms with Crippen LogP contribution in [-0.2, 0) is 0 Å². The molecule has 0 spiro atoms. The number of nitrogens with one attached hydrogen (secondary N) is 1. The van der Waals surface area contributed by atoms with Gasteiger partial charge in [0.25, 0.3) is 0 Å². The maximum Gasteiger partial charge on any atom is 0.0476 e. The summed E-state index contributed by atoms with van der Waals surface area (Å²) in [4.78, 5) is 0. The van der Waals surface area contributed by atoms with E-state index in [9.17, 15) is 5.11 Å². The minimum absolute atomic E-state index is 0.214.